The smallest absolute Gasteiger partial charge is 0.330 e. The molecule has 24 heavy (non-hydrogen) atoms. The first-order valence-corrected chi connectivity index (χ1v) is 8.36. The number of allylic oxidation sites excluding steroid dienone is 2. The number of aryl methyl sites for hydroxylation is 1. The fraction of sp³-hybridized carbons (Fsp3) is 0.421. The SMILES string of the molecule is Cc1ccccc1C1=CCC(C(=O)O)(N2CCN(C)CC2)C(N)=C1. The van der Waals surface area contributed by atoms with Crippen LogP contribution in [0.3, 0.4) is 0 Å². The van der Waals surface area contributed by atoms with Crippen molar-refractivity contribution in [3.63, 3.8) is 0 Å². The Morgan fingerprint density at radius 3 is 2.46 bits per heavy atom. The van der Waals surface area contributed by atoms with Crippen molar-refractivity contribution in [2.45, 2.75) is 18.9 Å². The van der Waals surface area contributed by atoms with Gasteiger partial charge in [-0.1, -0.05) is 30.3 Å². The number of nitrogens with two attached hydrogens (primary N) is 1. The van der Waals surface area contributed by atoms with Crippen molar-refractivity contribution in [3.05, 3.63) is 53.2 Å². The lowest BCUT2D eigenvalue weighted by atomic mass is 9.81. The molecule has 3 rings (SSSR count). The van der Waals surface area contributed by atoms with Crippen LogP contribution in [0.15, 0.2) is 42.1 Å². The zero-order valence-electron chi connectivity index (χ0n) is 14.3. The van der Waals surface area contributed by atoms with Crippen LogP contribution in [0.5, 0.6) is 0 Å². The summed E-state index contributed by atoms with van der Waals surface area (Å²) in [5.74, 6) is -0.860. The molecule has 1 aromatic carbocycles. The quantitative estimate of drug-likeness (QED) is 0.884. The Morgan fingerprint density at radius 1 is 1.21 bits per heavy atom. The minimum absolute atomic E-state index is 0.401. The van der Waals surface area contributed by atoms with E-state index in [4.69, 9.17) is 5.73 Å². The summed E-state index contributed by atoms with van der Waals surface area (Å²) in [6.07, 6.45) is 4.27. The molecule has 5 heteroatoms. The predicted molar refractivity (Wildman–Crippen MR) is 95.5 cm³/mol. The molecule has 0 aromatic heterocycles. The summed E-state index contributed by atoms with van der Waals surface area (Å²) >= 11 is 0. The van der Waals surface area contributed by atoms with Gasteiger partial charge < -0.3 is 15.7 Å². The summed E-state index contributed by atoms with van der Waals surface area (Å²) in [5.41, 5.74) is 8.94. The highest BCUT2D eigenvalue weighted by molar-refractivity contribution is 5.88. The van der Waals surface area contributed by atoms with Crippen LogP contribution in [0.2, 0.25) is 0 Å². The lowest BCUT2D eigenvalue weighted by Crippen LogP contribution is -2.62. The van der Waals surface area contributed by atoms with Gasteiger partial charge in [-0.15, -0.1) is 0 Å². The molecule has 1 atom stereocenters. The van der Waals surface area contributed by atoms with Crippen molar-refractivity contribution in [1.82, 2.24) is 9.80 Å². The van der Waals surface area contributed by atoms with Crippen LogP contribution in [0, 0.1) is 6.92 Å². The topological polar surface area (TPSA) is 69.8 Å². The van der Waals surface area contributed by atoms with Gasteiger partial charge in [0.1, 0.15) is 0 Å². The van der Waals surface area contributed by atoms with E-state index in [9.17, 15) is 9.90 Å². The lowest BCUT2D eigenvalue weighted by Gasteiger charge is -2.45. The van der Waals surface area contributed by atoms with Gasteiger partial charge in [-0.3, -0.25) is 4.90 Å². The molecule has 0 amide bonds. The number of benzene rings is 1. The molecule has 2 aliphatic rings. The van der Waals surface area contributed by atoms with Crippen LogP contribution in [-0.2, 0) is 4.79 Å². The van der Waals surface area contributed by atoms with Gasteiger partial charge in [0.05, 0.1) is 0 Å². The maximum atomic E-state index is 12.2. The summed E-state index contributed by atoms with van der Waals surface area (Å²) < 4.78 is 0. The second-order valence-corrected chi connectivity index (χ2v) is 6.73. The van der Waals surface area contributed by atoms with E-state index in [1.54, 1.807) is 0 Å². The number of hydrogen-bond donors (Lipinski definition) is 2. The van der Waals surface area contributed by atoms with E-state index in [0.717, 1.165) is 29.8 Å². The van der Waals surface area contributed by atoms with Crippen LogP contribution in [-0.4, -0.2) is 59.6 Å². The highest BCUT2D eigenvalue weighted by Gasteiger charge is 2.48. The van der Waals surface area contributed by atoms with Crippen molar-refractivity contribution in [2.75, 3.05) is 33.2 Å². The molecule has 0 spiro atoms. The first-order valence-electron chi connectivity index (χ1n) is 8.36. The minimum atomic E-state index is -1.12. The summed E-state index contributed by atoms with van der Waals surface area (Å²) in [4.78, 5) is 16.4. The molecule has 1 heterocycles. The van der Waals surface area contributed by atoms with E-state index in [0.29, 0.717) is 25.2 Å². The maximum absolute atomic E-state index is 12.2. The lowest BCUT2D eigenvalue weighted by molar-refractivity contribution is -0.150. The molecule has 1 fully saturated rings. The van der Waals surface area contributed by atoms with Crippen molar-refractivity contribution in [1.29, 1.82) is 0 Å². The van der Waals surface area contributed by atoms with E-state index >= 15 is 0 Å². The van der Waals surface area contributed by atoms with Crippen LogP contribution in [0.1, 0.15) is 17.5 Å². The first kappa shape index (κ1) is 16.7. The third kappa shape index (κ3) is 2.74. The zero-order valence-corrected chi connectivity index (χ0v) is 14.3. The zero-order chi connectivity index (χ0) is 17.3. The van der Waals surface area contributed by atoms with E-state index < -0.39 is 11.5 Å². The van der Waals surface area contributed by atoms with Crippen LogP contribution >= 0.6 is 0 Å². The van der Waals surface area contributed by atoms with Crippen molar-refractivity contribution < 1.29 is 9.90 Å². The first-order chi connectivity index (χ1) is 11.4. The molecule has 1 saturated heterocycles. The molecule has 128 valence electrons. The molecular formula is C19H25N3O2. The van der Waals surface area contributed by atoms with Gasteiger partial charge in [0.2, 0.25) is 0 Å². The number of nitrogens with zero attached hydrogens (tertiary/aromatic N) is 2. The normalized spacial score (nSPS) is 25.9. The van der Waals surface area contributed by atoms with E-state index in [-0.39, 0.29) is 0 Å². The van der Waals surface area contributed by atoms with E-state index in [1.165, 1.54) is 0 Å². The Balaban J connectivity index is 1.94. The van der Waals surface area contributed by atoms with Crippen LogP contribution in [0.25, 0.3) is 5.57 Å². The molecule has 1 aliphatic carbocycles. The Hall–Kier alpha value is -2.11. The predicted octanol–water partition coefficient (Wildman–Crippen LogP) is 1.70. The van der Waals surface area contributed by atoms with Gasteiger partial charge in [0.15, 0.2) is 5.54 Å². The Morgan fingerprint density at radius 2 is 1.88 bits per heavy atom. The monoisotopic (exact) mass is 327 g/mol. The maximum Gasteiger partial charge on any atom is 0.330 e. The molecule has 1 unspecified atom stereocenters. The third-order valence-corrected chi connectivity index (χ3v) is 5.26. The molecule has 0 bridgehead atoms. The fourth-order valence-corrected chi connectivity index (χ4v) is 3.65. The van der Waals surface area contributed by atoms with Gasteiger partial charge in [0, 0.05) is 38.3 Å². The summed E-state index contributed by atoms with van der Waals surface area (Å²) in [7, 11) is 2.06. The number of carbonyl (C=O) groups is 1. The number of likely N-dealkylation sites (N-methyl/N-ethyl adjacent to an activating group) is 1. The van der Waals surface area contributed by atoms with Gasteiger partial charge >= 0.3 is 5.97 Å². The summed E-state index contributed by atoms with van der Waals surface area (Å²) in [5, 5.41) is 9.98. The van der Waals surface area contributed by atoms with Gasteiger partial charge in [-0.25, -0.2) is 4.79 Å². The second kappa shape index (κ2) is 6.42. The molecular weight excluding hydrogens is 302 g/mol. The van der Waals surface area contributed by atoms with Crippen molar-refractivity contribution >= 4 is 11.5 Å². The number of piperazine rings is 1. The number of rotatable bonds is 3. The second-order valence-electron chi connectivity index (χ2n) is 6.73. The summed E-state index contributed by atoms with van der Waals surface area (Å²) in [6.45, 7) is 5.20. The minimum Gasteiger partial charge on any atom is -0.480 e. The van der Waals surface area contributed by atoms with Gasteiger partial charge in [-0.05, 0) is 36.7 Å². The van der Waals surface area contributed by atoms with Crippen molar-refractivity contribution in [3.8, 4) is 0 Å². The van der Waals surface area contributed by atoms with E-state index in [2.05, 4.69) is 31.0 Å². The Kier molecular flexibility index (Phi) is 4.47. The average Bonchev–Trinajstić information content (AvgIpc) is 2.56. The average molecular weight is 327 g/mol. The molecule has 5 nitrogen and oxygen atoms in total. The molecule has 1 aromatic rings. The van der Waals surface area contributed by atoms with Crippen molar-refractivity contribution in [2.24, 2.45) is 5.73 Å². The Bertz CT molecular complexity index is 702. The fourth-order valence-electron chi connectivity index (χ4n) is 3.65. The third-order valence-electron chi connectivity index (χ3n) is 5.26. The molecule has 0 saturated carbocycles. The molecule has 3 N–H and O–H groups in total. The summed E-state index contributed by atoms with van der Waals surface area (Å²) in [6, 6.07) is 8.10. The largest absolute Gasteiger partial charge is 0.480 e. The highest BCUT2D eigenvalue weighted by atomic mass is 16.4. The standard InChI is InChI=1S/C19H25N3O2/c1-14-5-3-4-6-16(14)15-7-8-19(18(23)24,17(20)13-15)22-11-9-21(2)10-12-22/h3-7,13H,8-12,20H2,1-2H3,(H,23,24). The highest BCUT2D eigenvalue weighted by Crippen LogP contribution is 2.36. The van der Waals surface area contributed by atoms with E-state index in [1.807, 2.05) is 29.2 Å². The van der Waals surface area contributed by atoms with Crippen LogP contribution in [0.4, 0.5) is 0 Å². The molecule has 0 radical (unpaired) electrons. The molecule has 1 aliphatic heterocycles. The number of aliphatic carboxylic acids is 1. The Labute approximate surface area is 143 Å². The number of carboxylic acid groups (broad SMARTS) is 1. The van der Waals surface area contributed by atoms with Gasteiger partial charge in [0.25, 0.3) is 0 Å². The van der Waals surface area contributed by atoms with Crippen LogP contribution < -0.4 is 5.73 Å². The van der Waals surface area contributed by atoms with Gasteiger partial charge in [-0.2, -0.15) is 0 Å². The number of hydrogen-bond acceptors (Lipinski definition) is 4. The number of carboxylic acids is 1.